The third-order valence-corrected chi connectivity index (χ3v) is 3.85. The van der Waals surface area contributed by atoms with E-state index in [0.29, 0.717) is 12.3 Å². The lowest BCUT2D eigenvalue weighted by Gasteiger charge is -2.09. The number of hydrogen-bond donors (Lipinski definition) is 2. The van der Waals surface area contributed by atoms with E-state index in [4.69, 9.17) is 4.42 Å². The van der Waals surface area contributed by atoms with Crippen LogP contribution in [0.3, 0.4) is 0 Å². The zero-order valence-electron chi connectivity index (χ0n) is 15.2. The lowest BCUT2D eigenvalue weighted by Crippen LogP contribution is -2.33. The van der Waals surface area contributed by atoms with E-state index in [1.54, 1.807) is 18.2 Å². The highest BCUT2D eigenvalue weighted by molar-refractivity contribution is 6.04. The SMILES string of the molecule is O=C(/C=C/c1ccccc1)N/C(=C/c1ccco1)C(=O)NCc1ccccc1. The van der Waals surface area contributed by atoms with Crippen molar-refractivity contribution in [1.29, 1.82) is 0 Å². The quantitative estimate of drug-likeness (QED) is 0.620. The molecular weight excluding hydrogens is 352 g/mol. The first kappa shape index (κ1) is 18.9. The van der Waals surface area contributed by atoms with E-state index in [1.807, 2.05) is 60.7 Å². The summed E-state index contributed by atoms with van der Waals surface area (Å²) in [6.45, 7) is 0.352. The zero-order valence-corrected chi connectivity index (χ0v) is 15.2. The largest absolute Gasteiger partial charge is 0.465 e. The number of rotatable bonds is 7. The molecule has 3 rings (SSSR count). The predicted octanol–water partition coefficient (Wildman–Crippen LogP) is 3.77. The molecule has 1 aromatic heterocycles. The first-order valence-corrected chi connectivity index (χ1v) is 8.82. The fraction of sp³-hybridized carbons (Fsp3) is 0.0435. The van der Waals surface area contributed by atoms with Gasteiger partial charge in [-0.05, 0) is 29.3 Å². The highest BCUT2D eigenvalue weighted by Gasteiger charge is 2.12. The van der Waals surface area contributed by atoms with Crippen LogP contribution in [0.15, 0.2) is 95.2 Å². The molecule has 0 aliphatic rings. The summed E-state index contributed by atoms with van der Waals surface area (Å²) in [6, 6.07) is 22.4. The monoisotopic (exact) mass is 372 g/mol. The number of furan rings is 1. The maximum absolute atomic E-state index is 12.6. The number of carbonyl (C=O) groups is 2. The van der Waals surface area contributed by atoms with Gasteiger partial charge in [-0.2, -0.15) is 0 Å². The first-order valence-electron chi connectivity index (χ1n) is 8.82. The molecule has 0 saturated carbocycles. The molecule has 0 unspecified atom stereocenters. The molecule has 5 nitrogen and oxygen atoms in total. The van der Waals surface area contributed by atoms with Gasteiger partial charge in [0.25, 0.3) is 5.91 Å². The van der Waals surface area contributed by atoms with E-state index >= 15 is 0 Å². The van der Waals surface area contributed by atoms with Gasteiger partial charge >= 0.3 is 0 Å². The Morgan fingerprint density at radius 1 is 0.893 bits per heavy atom. The summed E-state index contributed by atoms with van der Waals surface area (Å²) in [5.74, 6) is -0.338. The minimum Gasteiger partial charge on any atom is -0.465 e. The van der Waals surface area contributed by atoms with Crippen LogP contribution in [0.25, 0.3) is 12.2 Å². The molecule has 0 fully saturated rings. The summed E-state index contributed by atoms with van der Waals surface area (Å²) in [4.78, 5) is 24.9. The van der Waals surface area contributed by atoms with Crippen molar-refractivity contribution in [3.8, 4) is 0 Å². The summed E-state index contributed by atoms with van der Waals surface area (Å²) in [5, 5.41) is 5.43. The lowest BCUT2D eigenvalue weighted by molar-refractivity contribution is -0.121. The average Bonchev–Trinajstić information content (AvgIpc) is 3.25. The Kier molecular flexibility index (Phi) is 6.57. The minimum atomic E-state index is -0.406. The van der Waals surface area contributed by atoms with Crippen molar-refractivity contribution < 1.29 is 14.0 Å². The normalized spacial score (nSPS) is 11.4. The molecule has 140 valence electrons. The van der Waals surface area contributed by atoms with Gasteiger partial charge in [0.1, 0.15) is 11.5 Å². The summed E-state index contributed by atoms with van der Waals surface area (Å²) in [6.07, 6.45) is 6.06. The lowest BCUT2D eigenvalue weighted by atomic mass is 10.2. The van der Waals surface area contributed by atoms with Gasteiger partial charge in [-0.25, -0.2) is 0 Å². The molecule has 1 heterocycles. The maximum atomic E-state index is 12.6. The summed E-state index contributed by atoms with van der Waals surface area (Å²) in [5.41, 5.74) is 1.96. The zero-order chi connectivity index (χ0) is 19.6. The number of nitrogens with one attached hydrogen (secondary N) is 2. The molecule has 0 atom stereocenters. The van der Waals surface area contributed by atoms with Crippen molar-refractivity contribution in [2.75, 3.05) is 0 Å². The van der Waals surface area contributed by atoms with Crippen LogP contribution in [0.2, 0.25) is 0 Å². The van der Waals surface area contributed by atoms with Crippen molar-refractivity contribution in [2.45, 2.75) is 6.54 Å². The van der Waals surface area contributed by atoms with Crippen molar-refractivity contribution >= 4 is 24.0 Å². The van der Waals surface area contributed by atoms with Crippen LogP contribution >= 0.6 is 0 Å². The third kappa shape index (κ3) is 5.85. The van der Waals surface area contributed by atoms with E-state index in [1.165, 1.54) is 18.4 Å². The fourth-order valence-electron chi connectivity index (χ4n) is 2.46. The van der Waals surface area contributed by atoms with E-state index < -0.39 is 11.8 Å². The van der Waals surface area contributed by atoms with Gasteiger partial charge in [0.15, 0.2) is 0 Å². The molecule has 5 heteroatoms. The second kappa shape index (κ2) is 9.73. The predicted molar refractivity (Wildman–Crippen MR) is 109 cm³/mol. The second-order valence-electron chi connectivity index (χ2n) is 5.97. The average molecular weight is 372 g/mol. The van der Waals surface area contributed by atoms with E-state index in [9.17, 15) is 9.59 Å². The Balaban J connectivity index is 1.69. The second-order valence-corrected chi connectivity index (χ2v) is 5.97. The molecular formula is C23H20N2O3. The summed E-state index contributed by atoms with van der Waals surface area (Å²) >= 11 is 0. The van der Waals surface area contributed by atoms with Gasteiger partial charge in [-0.1, -0.05) is 60.7 Å². The molecule has 3 aromatic rings. The Morgan fingerprint density at radius 2 is 1.61 bits per heavy atom. The van der Waals surface area contributed by atoms with Crippen molar-refractivity contribution in [3.63, 3.8) is 0 Å². The van der Waals surface area contributed by atoms with Gasteiger partial charge in [0.05, 0.1) is 6.26 Å². The van der Waals surface area contributed by atoms with Crippen LogP contribution < -0.4 is 10.6 Å². The van der Waals surface area contributed by atoms with Crippen LogP contribution in [0.4, 0.5) is 0 Å². The highest BCUT2D eigenvalue weighted by Crippen LogP contribution is 2.07. The van der Waals surface area contributed by atoms with Gasteiger partial charge in [-0.3, -0.25) is 9.59 Å². The topological polar surface area (TPSA) is 71.3 Å². The molecule has 0 aliphatic heterocycles. The molecule has 28 heavy (non-hydrogen) atoms. The van der Waals surface area contributed by atoms with Crippen LogP contribution in [-0.4, -0.2) is 11.8 Å². The Morgan fingerprint density at radius 3 is 2.29 bits per heavy atom. The van der Waals surface area contributed by atoms with Crippen LogP contribution in [0.1, 0.15) is 16.9 Å². The van der Waals surface area contributed by atoms with E-state index in [-0.39, 0.29) is 5.70 Å². The number of carbonyl (C=O) groups excluding carboxylic acids is 2. The standard InChI is InChI=1S/C23H20N2O3/c26-22(14-13-18-8-3-1-4-9-18)25-21(16-20-12-7-15-28-20)23(27)24-17-19-10-5-2-6-11-19/h1-16H,17H2,(H,24,27)(H,25,26)/b14-13+,21-16+. The molecule has 0 saturated heterocycles. The molecule has 0 aliphatic carbocycles. The van der Waals surface area contributed by atoms with Gasteiger partial charge in [-0.15, -0.1) is 0 Å². The van der Waals surface area contributed by atoms with Gasteiger partial charge in [0, 0.05) is 18.7 Å². The minimum absolute atomic E-state index is 0.105. The van der Waals surface area contributed by atoms with Crippen LogP contribution in [-0.2, 0) is 16.1 Å². The summed E-state index contributed by atoms with van der Waals surface area (Å²) in [7, 11) is 0. The molecule has 0 bridgehead atoms. The number of amides is 2. The Labute approximate surface area is 163 Å². The first-order chi connectivity index (χ1) is 13.7. The molecule has 2 amide bonds. The van der Waals surface area contributed by atoms with Crippen molar-refractivity contribution in [3.05, 3.63) is 108 Å². The maximum Gasteiger partial charge on any atom is 0.268 e. The number of hydrogen-bond acceptors (Lipinski definition) is 3. The van der Waals surface area contributed by atoms with E-state index in [2.05, 4.69) is 10.6 Å². The molecule has 0 radical (unpaired) electrons. The van der Waals surface area contributed by atoms with Crippen LogP contribution in [0.5, 0.6) is 0 Å². The fourth-order valence-corrected chi connectivity index (χ4v) is 2.46. The third-order valence-electron chi connectivity index (χ3n) is 3.85. The smallest absolute Gasteiger partial charge is 0.268 e. The van der Waals surface area contributed by atoms with Gasteiger partial charge in [0.2, 0.25) is 5.91 Å². The number of benzene rings is 2. The Bertz CT molecular complexity index is 960. The Hall–Kier alpha value is -3.86. The van der Waals surface area contributed by atoms with E-state index in [0.717, 1.165) is 11.1 Å². The van der Waals surface area contributed by atoms with Crippen molar-refractivity contribution in [2.24, 2.45) is 0 Å². The molecule has 2 N–H and O–H groups in total. The summed E-state index contributed by atoms with van der Waals surface area (Å²) < 4.78 is 5.26. The highest BCUT2D eigenvalue weighted by atomic mass is 16.3. The van der Waals surface area contributed by atoms with Gasteiger partial charge < -0.3 is 15.1 Å². The molecule has 0 spiro atoms. The molecule has 2 aromatic carbocycles. The van der Waals surface area contributed by atoms with Crippen LogP contribution in [0, 0.1) is 0 Å². The van der Waals surface area contributed by atoms with Crippen molar-refractivity contribution in [1.82, 2.24) is 10.6 Å².